The maximum atomic E-state index is 11.9. The van der Waals surface area contributed by atoms with E-state index in [-0.39, 0.29) is 17.4 Å². The predicted octanol–water partition coefficient (Wildman–Crippen LogP) is 2.63. The van der Waals surface area contributed by atoms with Gasteiger partial charge in [0.25, 0.3) is 5.56 Å². The van der Waals surface area contributed by atoms with Crippen LogP contribution in [0.2, 0.25) is 0 Å². The first-order chi connectivity index (χ1) is 8.62. The highest BCUT2D eigenvalue weighted by Gasteiger charge is 2.14. The normalized spacial score (nSPS) is 10.7. The molecular weight excluding hydrogens is 228 g/mol. The molecule has 0 unspecified atom stereocenters. The number of hydrogen-bond donors (Lipinski definition) is 1. The van der Waals surface area contributed by atoms with E-state index in [0.29, 0.717) is 12.2 Å². The van der Waals surface area contributed by atoms with Crippen molar-refractivity contribution in [2.24, 2.45) is 5.92 Å². The summed E-state index contributed by atoms with van der Waals surface area (Å²) in [6.45, 7) is 6.70. The number of hydrogen-bond acceptors (Lipinski definition) is 2. The van der Waals surface area contributed by atoms with Crippen LogP contribution in [0.25, 0.3) is 0 Å². The third-order valence-corrected chi connectivity index (χ3v) is 3.07. The van der Waals surface area contributed by atoms with Crippen LogP contribution in [-0.2, 0) is 11.3 Å². The van der Waals surface area contributed by atoms with Gasteiger partial charge in [-0.3, -0.25) is 9.59 Å². The van der Waals surface area contributed by atoms with E-state index in [1.54, 1.807) is 16.8 Å². The zero-order chi connectivity index (χ0) is 13.5. The lowest BCUT2D eigenvalue weighted by Crippen LogP contribution is -2.24. The van der Waals surface area contributed by atoms with E-state index in [9.17, 15) is 9.59 Å². The number of aryl methyl sites for hydroxylation is 1. The molecule has 4 nitrogen and oxygen atoms in total. The monoisotopic (exact) mass is 250 g/mol. The molecule has 0 saturated heterocycles. The molecule has 1 heterocycles. The summed E-state index contributed by atoms with van der Waals surface area (Å²) < 4.78 is 1.63. The van der Waals surface area contributed by atoms with Crippen LogP contribution in [0.5, 0.6) is 0 Å². The Hall–Kier alpha value is -1.58. The number of amides is 1. The molecule has 0 radical (unpaired) electrons. The Kier molecular flexibility index (Phi) is 5.62. The molecule has 0 aliphatic heterocycles. The smallest absolute Gasteiger partial charge is 0.250 e. The third-order valence-electron chi connectivity index (χ3n) is 3.07. The van der Waals surface area contributed by atoms with Gasteiger partial charge < -0.3 is 9.88 Å². The van der Waals surface area contributed by atoms with Gasteiger partial charge in [0, 0.05) is 24.7 Å². The number of rotatable bonds is 6. The second-order valence-corrected chi connectivity index (χ2v) is 4.45. The number of carbonyl (C=O) groups is 1. The Morgan fingerprint density at radius 1 is 1.28 bits per heavy atom. The maximum absolute atomic E-state index is 11.9. The summed E-state index contributed by atoms with van der Waals surface area (Å²) in [7, 11) is 0. The topological polar surface area (TPSA) is 51.1 Å². The molecule has 0 aliphatic rings. The van der Waals surface area contributed by atoms with Gasteiger partial charge in [0.05, 0.1) is 5.69 Å². The van der Waals surface area contributed by atoms with Crippen molar-refractivity contribution in [2.75, 3.05) is 5.32 Å². The highest BCUT2D eigenvalue weighted by Crippen LogP contribution is 2.12. The molecule has 0 spiro atoms. The Morgan fingerprint density at radius 2 is 1.94 bits per heavy atom. The average molecular weight is 250 g/mol. The zero-order valence-corrected chi connectivity index (χ0v) is 11.4. The molecule has 0 bridgehead atoms. The van der Waals surface area contributed by atoms with E-state index in [4.69, 9.17) is 0 Å². The maximum Gasteiger partial charge on any atom is 0.250 e. The number of nitrogens with zero attached hydrogens (tertiary/aromatic N) is 1. The summed E-state index contributed by atoms with van der Waals surface area (Å²) in [5.41, 5.74) is 0.664. The summed E-state index contributed by atoms with van der Waals surface area (Å²) in [6.07, 6.45) is 4.27. The fourth-order valence-corrected chi connectivity index (χ4v) is 1.92. The number of nitrogens with one attached hydrogen (secondary N) is 1. The van der Waals surface area contributed by atoms with Gasteiger partial charge in [-0.05, 0) is 25.3 Å². The van der Waals surface area contributed by atoms with Crippen LogP contribution in [0.15, 0.2) is 23.1 Å². The van der Waals surface area contributed by atoms with Crippen molar-refractivity contribution in [3.63, 3.8) is 0 Å². The largest absolute Gasteiger partial charge is 0.325 e. The molecule has 1 rings (SSSR count). The van der Waals surface area contributed by atoms with E-state index in [2.05, 4.69) is 5.32 Å². The van der Waals surface area contributed by atoms with Crippen molar-refractivity contribution in [1.29, 1.82) is 0 Å². The highest BCUT2D eigenvalue weighted by atomic mass is 16.2. The molecule has 18 heavy (non-hydrogen) atoms. The van der Waals surface area contributed by atoms with Crippen LogP contribution in [-0.4, -0.2) is 10.5 Å². The third kappa shape index (κ3) is 3.72. The van der Waals surface area contributed by atoms with Gasteiger partial charge in [0.1, 0.15) is 0 Å². The molecule has 0 fully saturated rings. The number of anilines is 1. The van der Waals surface area contributed by atoms with Gasteiger partial charge >= 0.3 is 0 Å². The van der Waals surface area contributed by atoms with Crippen LogP contribution in [0.1, 0.15) is 40.0 Å². The summed E-state index contributed by atoms with van der Waals surface area (Å²) >= 11 is 0. The first-order valence-electron chi connectivity index (χ1n) is 6.63. The number of aromatic nitrogens is 1. The molecule has 0 aromatic carbocycles. The van der Waals surface area contributed by atoms with Gasteiger partial charge in [-0.25, -0.2) is 0 Å². The quantitative estimate of drug-likeness (QED) is 0.843. The molecule has 1 aromatic rings. The second kappa shape index (κ2) is 6.99. The minimum absolute atomic E-state index is 0.0293. The van der Waals surface area contributed by atoms with E-state index in [1.165, 1.54) is 6.07 Å². The zero-order valence-electron chi connectivity index (χ0n) is 11.4. The Bertz CT molecular complexity index is 447. The summed E-state index contributed by atoms with van der Waals surface area (Å²) in [4.78, 5) is 23.5. The summed E-state index contributed by atoms with van der Waals surface area (Å²) in [5.74, 6) is 0.0678. The molecular formula is C14H22N2O2. The van der Waals surface area contributed by atoms with Crippen LogP contribution < -0.4 is 10.9 Å². The predicted molar refractivity (Wildman–Crippen MR) is 73.7 cm³/mol. The van der Waals surface area contributed by atoms with Crippen molar-refractivity contribution < 1.29 is 4.79 Å². The molecule has 1 amide bonds. The lowest BCUT2D eigenvalue weighted by Gasteiger charge is -2.13. The molecule has 100 valence electrons. The molecule has 4 heteroatoms. The SMILES string of the molecule is CCCn1cc(NC(=O)C(CC)CC)ccc1=O. The van der Waals surface area contributed by atoms with Crippen LogP contribution in [0.4, 0.5) is 5.69 Å². The lowest BCUT2D eigenvalue weighted by atomic mass is 10.0. The van der Waals surface area contributed by atoms with E-state index >= 15 is 0 Å². The number of carbonyl (C=O) groups excluding carboxylic acids is 1. The lowest BCUT2D eigenvalue weighted by molar-refractivity contribution is -0.120. The van der Waals surface area contributed by atoms with E-state index < -0.39 is 0 Å². The summed E-state index contributed by atoms with van der Waals surface area (Å²) in [5, 5.41) is 2.87. The van der Waals surface area contributed by atoms with Crippen LogP contribution >= 0.6 is 0 Å². The first kappa shape index (κ1) is 14.5. The fraction of sp³-hybridized carbons (Fsp3) is 0.571. The number of pyridine rings is 1. The average Bonchev–Trinajstić information content (AvgIpc) is 2.35. The standard InChI is InChI=1S/C14H22N2O2/c1-4-9-16-10-12(7-8-13(16)17)15-14(18)11(5-2)6-3/h7-8,10-11H,4-6,9H2,1-3H3,(H,15,18). The van der Waals surface area contributed by atoms with Crippen molar-refractivity contribution in [2.45, 2.75) is 46.6 Å². The van der Waals surface area contributed by atoms with Crippen molar-refractivity contribution in [1.82, 2.24) is 4.57 Å². The minimum atomic E-state index is -0.0302. The fourth-order valence-electron chi connectivity index (χ4n) is 1.92. The van der Waals surface area contributed by atoms with Crippen molar-refractivity contribution >= 4 is 11.6 Å². The van der Waals surface area contributed by atoms with Gasteiger partial charge in [-0.1, -0.05) is 20.8 Å². The van der Waals surface area contributed by atoms with E-state index in [1.807, 2.05) is 20.8 Å². The van der Waals surface area contributed by atoms with Crippen molar-refractivity contribution in [3.8, 4) is 0 Å². The molecule has 1 N–H and O–H groups in total. The van der Waals surface area contributed by atoms with Gasteiger partial charge in [-0.2, -0.15) is 0 Å². The summed E-state index contributed by atoms with van der Waals surface area (Å²) in [6, 6.07) is 3.16. The molecule has 0 aliphatic carbocycles. The molecule has 1 aromatic heterocycles. The molecule has 0 saturated carbocycles. The Labute approximate surface area is 108 Å². The first-order valence-corrected chi connectivity index (χ1v) is 6.63. The highest BCUT2D eigenvalue weighted by molar-refractivity contribution is 5.92. The molecule has 0 atom stereocenters. The Balaban J connectivity index is 2.82. The Morgan fingerprint density at radius 3 is 2.50 bits per heavy atom. The van der Waals surface area contributed by atoms with E-state index in [0.717, 1.165) is 19.3 Å². The van der Waals surface area contributed by atoms with Crippen molar-refractivity contribution in [3.05, 3.63) is 28.7 Å². The minimum Gasteiger partial charge on any atom is -0.325 e. The van der Waals surface area contributed by atoms with Gasteiger partial charge in [0.2, 0.25) is 5.91 Å². The van der Waals surface area contributed by atoms with Crippen LogP contribution in [0, 0.1) is 5.92 Å². The van der Waals surface area contributed by atoms with Crippen LogP contribution in [0.3, 0.4) is 0 Å². The van der Waals surface area contributed by atoms with Gasteiger partial charge in [-0.15, -0.1) is 0 Å². The van der Waals surface area contributed by atoms with Gasteiger partial charge in [0.15, 0.2) is 0 Å². The second-order valence-electron chi connectivity index (χ2n) is 4.45.